The predicted octanol–water partition coefficient (Wildman–Crippen LogP) is 2.37. The lowest BCUT2D eigenvalue weighted by Crippen LogP contribution is -2.51. The van der Waals surface area contributed by atoms with E-state index in [1.807, 2.05) is 0 Å². The standard InChI is InChI=1S/C22H25F3N4O6S/c1-21(7-10-36(32,33)11-8-21)27-18(30)17-19(31)29-12-14(5-6-16(29)26-17)35-20-15(4-3-9-28(20)2)34-13-22(23,24)25/h3-6,12,31H,7-11,13H2,1-2H3,(H,27,30). The molecule has 2 aromatic rings. The van der Waals surface area contributed by atoms with Crippen molar-refractivity contribution in [2.75, 3.05) is 31.7 Å². The number of imidazole rings is 1. The van der Waals surface area contributed by atoms with Gasteiger partial charge in [-0.1, -0.05) is 6.08 Å². The van der Waals surface area contributed by atoms with Crippen LogP contribution in [0.1, 0.15) is 30.3 Å². The molecule has 10 nitrogen and oxygen atoms in total. The van der Waals surface area contributed by atoms with E-state index in [9.17, 15) is 31.5 Å². The minimum atomic E-state index is -4.52. The number of hydrogen-bond acceptors (Lipinski definition) is 8. The number of alkyl halides is 3. The third-order valence-corrected chi connectivity index (χ3v) is 7.59. The normalized spacial score (nSPS) is 19.4. The number of halogens is 3. The molecule has 1 saturated heterocycles. The average molecular weight is 531 g/mol. The fourth-order valence-electron chi connectivity index (χ4n) is 3.84. The Labute approximate surface area is 204 Å². The first-order chi connectivity index (χ1) is 16.8. The van der Waals surface area contributed by atoms with Crippen molar-refractivity contribution in [1.29, 1.82) is 0 Å². The molecule has 2 aromatic heterocycles. The Bertz CT molecular complexity index is 1340. The fraction of sp³-hybridized carbons (Fsp3) is 0.455. The number of hydrogen-bond donors (Lipinski definition) is 2. The van der Waals surface area contributed by atoms with Gasteiger partial charge >= 0.3 is 6.18 Å². The highest BCUT2D eigenvalue weighted by Gasteiger charge is 2.36. The molecule has 196 valence electrons. The molecular formula is C22H25F3N4O6S. The first-order valence-corrected chi connectivity index (χ1v) is 12.8. The predicted molar refractivity (Wildman–Crippen MR) is 122 cm³/mol. The van der Waals surface area contributed by atoms with Crippen molar-refractivity contribution >= 4 is 21.4 Å². The van der Waals surface area contributed by atoms with Crippen LogP contribution in [0.25, 0.3) is 5.65 Å². The lowest BCUT2D eigenvalue weighted by atomic mass is 9.94. The lowest BCUT2D eigenvalue weighted by Gasteiger charge is -2.34. The van der Waals surface area contributed by atoms with Gasteiger partial charge in [0.15, 0.2) is 18.1 Å². The molecular weight excluding hydrogens is 505 g/mol. The molecule has 0 bridgehead atoms. The van der Waals surface area contributed by atoms with Crippen LogP contribution < -0.4 is 10.1 Å². The van der Waals surface area contributed by atoms with E-state index in [1.165, 1.54) is 28.8 Å². The summed E-state index contributed by atoms with van der Waals surface area (Å²) in [7, 11) is -1.52. The largest absolute Gasteiger partial charge is 0.492 e. The van der Waals surface area contributed by atoms with Gasteiger partial charge in [0.05, 0.1) is 17.7 Å². The van der Waals surface area contributed by atoms with Gasteiger partial charge in [0.2, 0.25) is 11.8 Å². The topological polar surface area (TPSA) is 122 Å². The number of aromatic hydroxyl groups is 1. The van der Waals surface area contributed by atoms with Crippen LogP contribution in [0, 0.1) is 0 Å². The van der Waals surface area contributed by atoms with E-state index in [1.54, 1.807) is 24.9 Å². The summed E-state index contributed by atoms with van der Waals surface area (Å²) in [6.45, 7) is 0.620. The molecule has 2 aliphatic heterocycles. The van der Waals surface area contributed by atoms with Crippen LogP contribution in [0.3, 0.4) is 0 Å². The fourth-order valence-corrected chi connectivity index (χ4v) is 5.57. The molecule has 0 unspecified atom stereocenters. The molecule has 36 heavy (non-hydrogen) atoms. The van der Waals surface area contributed by atoms with Crippen molar-refractivity contribution in [2.45, 2.75) is 31.5 Å². The number of amides is 1. The van der Waals surface area contributed by atoms with Crippen LogP contribution in [-0.2, 0) is 14.6 Å². The SMILES string of the molecule is CN1CC=CC(OCC(F)(F)F)=C1Oc1ccc2nc(C(=O)NC3(C)CCS(=O)(=O)CC3)c(O)n2c1. The van der Waals surface area contributed by atoms with Gasteiger partial charge in [-0.3, -0.25) is 9.20 Å². The van der Waals surface area contributed by atoms with Gasteiger partial charge in [-0.15, -0.1) is 0 Å². The smallest absolute Gasteiger partial charge is 0.422 e. The number of fused-ring (bicyclic) bond motifs is 1. The maximum Gasteiger partial charge on any atom is 0.422 e. The minimum Gasteiger partial charge on any atom is -0.492 e. The summed E-state index contributed by atoms with van der Waals surface area (Å²) >= 11 is 0. The zero-order chi connectivity index (χ0) is 26.3. The van der Waals surface area contributed by atoms with Crippen molar-refractivity contribution in [1.82, 2.24) is 19.6 Å². The van der Waals surface area contributed by atoms with Crippen molar-refractivity contribution < 1.29 is 41.0 Å². The number of carbonyl (C=O) groups is 1. The molecule has 4 rings (SSSR count). The van der Waals surface area contributed by atoms with E-state index in [4.69, 9.17) is 9.47 Å². The quantitative estimate of drug-likeness (QED) is 0.584. The van der Waals surface area contributed by atoms with Gasteiger partial charge in [0.1, 0.15) is 21.2 Å². The van der Waals surface area contributed by atoms with Crippen molar-refractivity contribution in [3.63, 3.8) is 0 Å². The first-order valence-electron chi connectivity index (χ1n) is 11.0. The number of carbonyl (C=O) groups excluding carboxylic acids is 1. The molecule has 14 heteroatoms. The number of sulfone groups is 1. The van der Waals surface area contributed by atoms with Gasteiger partial charge in [0, 0.05) is 19.1 Å². The minimum absolute atomic E-state index is 0.0406. The molecule has 0 saturated carbocycles. The Morgan fingerprint density at radius 1 is 1.28 bits per heavy atom. The summed E-state index contributed by atoms with van der Waals surface area (Å²) < 4.78 is 73.2. The van der Waals surface area contributed by atoms with Gasteiger partial charge in [-0.25, -0.2) is 13.4 Å². The third kappa shape index (κ3) is 5.69. The monoisotopic (exact) mass is 530 g/mol. The Morgan fingerprint density at radius 3 is 2.64 bits per heavy atom. The molecule has 2 N–H and O–H groups in total. The number of nitrogens with zero attached hydrogens (tertiary/aromatic N) is 3. The highest BCUT2D eigenvalue weighted by Crippen LogP contribution is 2.29. The van der Waals surface area contributed by atoms with Crippen molar-refractivity contribution in [2.24, 2.45) is 0 Å². The van der Waals surface area contributed by atoms with Crippen molar-refractivity contribution in [3.8, 4) is 11.6 Å². The molecule has 0 aromatic carbocycles. The van der Waals surface area contributed by atoms with Crippen molar-refractivity contribution in [3.05, 3.63) is 47.8 Å². The number of allylic oxidation sites excluding steroid dienone is 1. The Hall–Kier alpha value is -3.42. The van der Waals surface area contributed by atoms with E-state index in [0.29, 0.717) is 6.54 Å². The molecule has 0 spiro atoms. The van der Waals surface area contributed by atoms with Gasteiger partial charge in [0.25, 0.3) is 5.91 Å². The average Bonchev–Trinajstić information content (AvgIpc) is 3.12. The van der Waals surface area contributed by atoms with E-state index in [0.717, 1.165) is 0 Å². The number of aromatic nitrogens is 2. The molecule has 0 atom stereocenters. The van der Waals surface area contributed by atoms with E-state index < -0.39 is 39.9 Å². The van der Waals surface area contributed by atoms with Crippen LogP contribution >= 0.6 is 0 Å². The highest BCUT2D eigenvalue weighted by atomic mass is 32.2. The third-order valence-electron chi connectivity index (χ3n) is 5.94. The highest BCUT2D eigenvalue weighted by molar-refractivity contribution is 7.91. The van der Waals surface area contributed by atoms with Gasteiger partial charge in [-0.2, -0.15) is 13.2 Å². The lowest BCUT2D eigenvalue weighted by molar-refractivity contribution is -0.164. The number of rotatable bonds is 6. The van der Waals surface area contributed by atoms with Crippen LogP contribution in [0.5, 0.6) is 11.6 Å². The van der Waals surface area contributed by atoms with Crippen LogP contribution in [-0.4, -0.2) is 77.1 Å². The summed E-state index contributed by atoms with van der Waals surface area (Å²) in [4.78, 5) is 18.6. The zero-order valence-electron chi connectivity index (χ0n) is 19.5. The van der Waals surface area contributed by atoms with E-state index in [2.05, 4.69) is 10.3 Å². The van der Waals surface area contributed by atoms with Gasteiger partial charge in [-0.05, 0) is 38.0 Å². The molecule has 1 amide bonds. The Kier molecular flexibility index (Phi) is 6.58. The summed E-state index contributed by atoms with van der Waals surface area (Å²) in [5.41, 5.74) is -0.800. The number of likely N-dealkylation sites (N-methyl/N-ethyl adjacent to an activating group) is 1. The maximum atomic E-state index is 12.9. The second-order valence-corrected chi connectivity index (χ2v) is 11.3. The summed E-state index contributed by atoms with van der Waals surface area (Å²) in [6.07, 6.45) is 0.295. The Morgan fingerprint density at radius 2 is 1.97 bits per heavy atom. The van der Waals surface area contributed by atoms with E-state index in [-0.39, 0.29) is 53.1 Å². The molecule has 2 aliphatic rings. The molecule has 4 heterocycles. The second kappa shape index (κ2) is 9.22. The summed E-state index contributed by atoms with van der Waals surface area (Å²) in [5, 5.41) is 13.4. The summed E-state index contributed by atoms with van der Waals surface area (Å²) in [6, 6.07) is 2.95. The summed E-state index contributed by atoms with van der Waals surface area (Å²) in [5.74, 6) is -1.15. The molecule has 0 aliphatic carbocycles. The number of nitrogens with one attached hydrogen (secondary N) is 1. The number of pyridine rings is 1. The van der Waals surface area contributed by atoms with Crippen LogP contribution in [0.15, 0.2) is 42.1 Å². The number of ether oxygens (including phenoxy) is 2. The van der Waals surface area contributed by atoms with Crippen LogP contribution in [0.4, 0.5) is 13.2 Å². The van der Waals surface area contributed by atoms with Gasteiger partial charge < -0.3 is 24.8 Å². The molecule has 1 fully saturated rings. The first kappa shape index (κ1) is 25.7. The maximum absolute atomic E-state index is 12.9. The zero-order valence-corrected chi connectivity index (χ0v) is 20.3. The molecule has 0 radical (unpaired) electrons. The Balaban J connectivity index is 1.56. The van der Waals surface area contributed by atoms with E-state index >= 15 is 0 Å². The second-order valence-electron chi connectivity index (χ2n) is 9.00. The van der Waals surface area contributed by atoms with Crippen LogP contribution in [0.2, 0.25) is 0 Å².